The largest absolute Gasteiger partial charge is 0.452 e. The molecule has 1 N–H and O–H groups in total. The van der Waals surface area contributed by atoms with Gasteiger partial charge in [-0.1, -0.05) is 32.0 Å². The van der Waals surface area contributed by atoms with Crippen LogP contribution in [0.3, 0.4) is 0 Å². The fraction of sp³-hybridized carbons (Fsp3) is 0.529. The van der Waals surface area contributed by atoms with Gasteiger partial charge in [-0.3, -0.25) is 9.59 Å². The van der Waals surface area contributed by atoms with E-state index in [9.17, 15) is 9.59 Å². The molecule has 0 saturated heterocycles. The van der Waals surface area contributed by atoms with Gasteiger partial charge in [-0.15, -0.1) is 0 Å². The number of hydrogen-bond acceptors (Lipinski definition) is 3. The van der Waals surface area contributed by atoms with Crippen LogP contribution in [0.15, 0.2) is 18.2 Å². The van der Waals surface area contributed by atoms with Crippen LogP contribution < -0.4 is 5.32 Å². The van der Waals surface area contributed by atoms with Crippen LogP contribution >= 0.6 is 0 Å². The van der Waals surface area contributed by atoms with Gasteiger partial charge in [0.05, 0.1) is 5.92 Å². The van der Waals surface area contributed by atoms with E-state index in [2.05, 4.69) is 19.2 Å². The van der Waals surface area contributed by atoms with Gasteiger partial charge in [0.1, 0.15) is 0 Å². The Kier molecular flexibility index (Phi) is 4.66. The molecule has 1 atom stereocenters. The summed E-state index contributed by atoms with van der Waals surface area (Å²) < 4.78 is 5.20. The Balaban J connectivity index is 2.06. The summed E-state index contributed by atoms with van der Waals surface area (Å²) >= 11 is 0. The molecule has 1 aromatic carbocycles. The van der Waals surface area contributed by atoms with Crippen molar-refractivity contribution in [3.63, 3.8) is 0 Å². The zero-order chi connectivity index (χ0) is 15.6. The number of benzene rings is 1. The molecule has 0 spiro atoms. The number of aryl methyl sites for hydroxylation is 1. The molecule has 21 heavy (non-hydrogen) atoms. The van der Waals surface area contributed by atoms with Crippen molar-refractivity contribution >= 4 is 17.6 Å². The minimum absolute atomic E-state index is 0.00457. The molecule has 1 aromatic rings. The molecule has 114 valence electrons. The maximum atomic E-state index is 12.2. The van der Waals surface area contributed by atoms with Gasteiger partial charge in [-0.05, 0) is 43.7 Å². The van der Waals surface area contributed by atoms with E-state index in [0.29, 0.717) is 5.92 Å². The van der Waals surface area contributed by atoms with Gasteiger partial charge in [0.2, 0.25) is 0 Å². The Bertz CT molecular complexity index is 547. The summed E-state index contributed by atoms with van der Waals surface area (Å²) in [6.45, 7) is 7.74. The number of nitrogens with one attached hydrogen (secondary N) is 1. The summed E-state index contributed by atoms with van der Waals surface area (Å²) in [7, 11) is 0. The van der Waals surface area contributed by atoms with Gasteiger partial charge in [0.25, 0.3) is 5.91 Å². The maximum Gasteiger partial charge on any atom is 0.309 e. The molecule has 0 unspecified atom stereocenters. The lowest BCUT2D eigenvalue weighted by molar-refractivity contribution is -0.154. The van der Waals surface area contributed by atoms with Crippen LogP contribution in [0.2, 0.25) is 0 Å². The topological polar surface area (TPSA) is 55.4 Å². The first kappa shape index (κ1) is 15.5. The van der Waals surface area contributed by atoms with Crippen LogP contribution in [-0.4, -0.2) is 18.0 Å². The Morgan fingerprint density at radius 3 is 2.48 bits per heavy atom. The van der Waals surface area contributed by atoms with E-state index in [-0.39, 0.29) is 17.8 Å². The van der Waals surface area contributed by atoms with Crippen LogP contribution in [0.4, 0.5) is 5.69 Å². The standard InChI is InChI=1S/C17H23NO3/c1-10(2)14-7-5-6-11(3)15(14)18-16(19)12(4)21-17(20)13-8-9-13/h5-7,10,12-13H,8-9H2,1-4H3,(H,18,19)/t12-/m0/s1. The number of hydrogen-bond donors (Lipinski definition) is 1. The highest BCUT2D eigenvalue weighted by atomic mass is 16.5. The second kappa shape index (κ2) is 6.29. The van der Waals surface area contributed by atoms with Crippen molar-refractivity contribution in [1.29, 1.82) is 0 Å². The number of anilines is 1. The van der Waals surface area contributed by atoms with E-state index >= 15 is 0 Å². The number of carbonyl (C=O) groups is 2. The molecule has 4 heteroatoms. The first-order chi connectivity index (χ1) is 9.90. The van der Waals surface area contributed by atoms with E-state index in [0.717, 1.165) is 29.7 Å². The van der Waals surface area contributed by atoms with Crippen LogP contribution in [0.25, 0.3) is 0 Å². The molecule has 0 heterocycles. The van der Waals surface area contributed by atoms with E-state index in [4.69, 9.17) is 4.74 Å². The molecule has 1 fully saturated rings. The van der Waals surface area contributed by atoms with E-state index in [1.807, 2.05) is 25.1 Å². The smallest absolute Gasteiger partial charge is 0.309 e. The molecular weight excluding hydrogens is 266 g/mol. The fourth-order valence-corrected chi connectivity index (χ4v) is 2.21. The second-order valence-corrected chi connectivity index (χ2v) is 6.04. The highest BCUT2D eigenvalue weighted by Gasteiger charge is 2.33. The normalized spacial score (nSPS) is 15.7. The number of ether oxygens (including phenoxy) is 1. The molecule has 0 aromatic heterocycles. The van der Waals surface area contributed by atoms with Crippen molar-refractivity contribution in [3.8, 4) is 0 Å². The van der Waals surface area contributed by atoms with Gasteiger partial charge in [-0.25, -0.2) is 0 Å². The van der Waals surface area contributed by atoms with Gasteiger partial charge < -0.3 is 10.1 Å². The first-order valence-electron chi connectivity index (χ1n) is 7.51. The van der Waals surface area contributed by atoms with E-state index in [1.54, 1.807) is 6.92 Å². The molecule has 2 rings (SSSR count). The quantitative estimate of drug-likeness (QED) is 0.845. The lowest BCUT2D eigenvalue weighted by atomic mass is 9.98. The van der Waals surface area contributed by atoms with Crippen LogP contribution in [0.5, 0.6) is 0 Å². The molecule has 0 aliphatic heterocycles. The zero-order valence-corrected chi connectivity index (χ0v) is 13.1. The van der Waals surface area contributed by atoms with Gasteiger partial charge in [0, 0.05) is 5.69 Å². The molecule has 1 aliphatic rings. The number of para-hydroxylation sites is 1. The van der Waals surface area contributed by atoms with Crippen molar-refractivity contribution in [2.75, 3.05) is 5.32 Å². The third-order valence-electron chi connectivity index (χ3n) is 3.75. The summed E-state index contributed by atoms with van der Waals surface area (Å²) in [4.78, 5) is 23.8. The minimum Gasteiger partial charge on any atom is -0.452 e. The summed E-state index contributed by atoms with van der Waals surface area (Å²) in [6.07, 6.45) is 0.989. The zero-order valence-electron chi connectivity index (χ0n) is 13.1. The second-order valence-electron chi connectivity index (χ2n) is 6.04. The molecule has 0 bridgehead atoms. The first-order valence-corrected chi connectivity index (χ1v) is 7.51. The predicted molar refractivity (Wildman–Crippen MR) is 82.2 cm³/mol. The van der Waals surface area contributed by atoms with Crippen molar-refractivity contribution in [3.05, 3.63) is 29.3 Å². The number of esters is 1. The molecule has 0 radical (unpaired) electrons. The van der Waals surface area contributed by atoms with Crippen molar-refractivity contribution in [2.24, 2.45) is 5.92 Å². The Morgan fingerprint density at radius 2 is 1.90 bits per heavy atom. The number of carbonyl (C=O) groups excluding carboxylic acids is 2. The van der Waals surface area contributed by atoms with Crippen molar-refractivity contribution in [2.45, 2.75) is 52.6 Å². The van der Waals surface area contributed by atoms with Crippen LogP contribution in [-0.2, 0) is 14.3 Å². The molecule has 4 nitrogen and oxygen atoms in total. The minimum atomic E-state index is -0.766. The summed E-state index contributed by atoms with van der Waals surface area (Å²) in [6, 6.07) is 5.95. The summed E-state index contributed by atoms with van der Waals surface area (Å²) in [5.41, 5.74) is 2.92. The molecule has 1 amide bonds. The SMILES string of the molecule is Cc1cccc(C(C)C)c1NC(=O)[C@H](C)OC(=O)C1CC1. The highest BCUT2D eigenvalue weighted by Crippen LogP contribution is 2.31. The van der Waals surface area contributed by atoms with Crippen molar-refractivity contribution in [1.82, 2.24) is 0 Å². The van der Waals surface area contributed by atoms with E-state index < -0.39 is 6.10 Å². The van der Waals surface area contributed by atoms with Gasteiger partial charge >= 0.3 is 5.97 Å². The number of amides is 1. The molecule has 1 saturated carbocycles. The molecular formula is C17H23NO3. The summed E-state index contributed by atoms with van der Waals surface area (Å²) in [5, 5.41) is 2.91. The lowest BCUT2D eigenvalue weighted by Crippen LogP contribution is -2.31. The predicted octanol–water partition coefficient (Wildman–Crippen LogP) is 3.40. The fourth-order valence-electron chi connectivity index (χ4n) is 2.21. The maximum absolute atomic E-state index is 12.2. The van der Waals surface area contributed by atoms with Crippen LogP contribution in [0.1, 0.15) is 50.7 Å². The van der Waals surface area contributed by atoms with Gasteiger partial charge in [0.15, 0.2) is 6.10 Å². The average molecular weight is 289 g/mol. The lowest BCUT2D eigenvalue weighted by Gasteiger charge is -2.19. The molecule has 1 aliphatic carbocycles. The number of rotatable bonds is 5. The Morgan fingerprint density at radius 1 is 1.24 bits per heavy atom. The van der Waals surface area contributed by atoms with Crippen molar-refractivity contribution < 1.29 is 14.3 Å². The highest BCUT2D eigenvalue weighted by molar-refractivity contribution is 5.96. The third-order valence-corrected chi connectivity index (χ3v) is 3.75. The van der Waals surface area contributed by atoms with E-state index in [1.165, 1.54) is 0 Å². The monoisotopic (exact) mass is 289 g/mol. The third kappa shape index (κ3) is 3.84. The summed E-state index contributed by atoms with van der Waals surface area (Å²) in [5.74, 6) is -0.221. The van der Waals surface area contributed by atoms with Gasteiger partial charge in [-0.2, -0.15) is 0 Å². The van der Waals surface area contributed by atoms with Crippen LogP contribution in [0, 0.1) is 12.8 Å². The Hall–Kier alpha value is -1.84. The average Bonchev–Trinajstić information content (AvgIpc) is 3.24. The Labute approximate surface area is 125 Å².